The molecule has 1 aliphatic heterocycles. The van der Waals surface area contributed by atoms with Gasteiger partial charge in [-0.3, -0.25) is 0 Å². The van der Waals surface area contributed by atoms with Crippen molar-refractivity contribution in [3.8, 4) is 5.75 Å². The number of hydrogen-bond acceptors (Lipinski definition) is 3. The maximum absolute atomic E-state index is 9.71. The second-order valence-electron chi connectivity index (χ2n) is 3.79. The van der Waals surface area contributed by atoms with Crippen LogP contribution in [0.5, 0.6) is 5.75 Å². The van der Waals surface area contributed by atoms with Crippen LogP contribution in [0.1, 0.15) is 6.42 Å². The molecule has 0 saturated carbocycles. The molecule has 16 heavy (non-hydrogen) atoms. The highest BCUT2D eigenvalue weighted by Crippen LogP contribution is 2.27. The van der Waals surface area contributed by atoms with E-state index in [4.69, 9.17) is 27.9 Å². The van der Waals surface area contributed by atoms with Crippen LogP contribution in [-0.4, -0.2) is 30.4 Å². The van der Waals surface area contributed by atoms with Gasteiger partial charge in [0.1, 0.15) is 18.0 Å². The monoisotopic (exact) mass is 261 g/mol. The first-order valence-electron chi connectivity index (χ1n) is 5.17. The number of piperidine rings is 1. The minimum atomic E-state index is -0.483. The number of halogens is 2. The van der Waals surface area contributed by atoms with E-state index in [1.54, 1.807) is 18.2 Å². The number of rotatable bonds is 2. The van der Waals surface area contributed by atoms with Crippen molar-refractivity contribution < 1.29 is 9.84 Å². The lowest BCUT2D eigenvalue weighted by molar-refractivity contribution is 0.0163. The maximum Gasteiger partial charge on any atom is 0.127 e. The van der Waals surface area contributed by atoms with Crippen LogP contribution in [0.3, 0.4) is 0 Å². The highest BCUT2D eigenvalue weighted by atomic mass is 35.5. The average molecular weight is 262 g/mol. The lowest BCUT2D eigenvalue weighted by atomic mass is 10.1. The van der Waals surface area contributed by atoms with Gasteiger partial charge in [-0.05, 0) is 25.1 Å². The zero-order valence-corrected chi connectivity index (χ0v) is 10.1. The molecule has 0 spiro atoms. The number of aliphatic hydroxyl groups is 1. The number of ether oxygens (including phenoxy) is 1. The Labute approximate surface area is 104 Å². The molecule has 0 aliphatic carbocycles. The van der Waals surface area contributed by atoms with E-state index in [2.05, 4.69) is 5.32 Å². The Balaban J connectivity index is 2.05. The molecule has 1 heterocycles. The zero-order valence-electron chi connectivity index (χ0n) is 8.62. The summed E-state index contributed by atoms with van der Waals surface area (Å²) >= 11 is 11.7. The molecule has 2 N–H and O–H groups in total. The summed E-state index contributed by atoms with van der Waals surface area (Å²) in [5, 5.41) is 13.8. The summed E-state index contributed by atoms with van der Waals surface area (Å²) in [5.74, 6) is 0.639. The smallest absolute Gasteiger partial charge is 0.127 e. The molecule has 2 atom stereocenters. The fourth-order valence-electron chi connectivity index (χ4n) is 1.68. The van der Waals surface area contributed by atoms with E-state index in [0.717, 1.165) is 13.0 Å². The zero-order chi connectivity index (χ0) is 11.5. The van der Waals surface area contributed by atoms with Gasteiger partial charge in [-0.15, -0.1) is 0 Å². The van der Waals surface area contributed by atoms with Crippen LogP contribution in [0.2, 0.25) is 10.0 Å². The third kappa shape index (κ3) is 2.80. The molecular formula is C11H13Cl2NO2. The molecule has 0 aromatic heterocycles. The Kier molecular flexibility index (Phi) is 3.92. The summed E-state index contributed by atoms with van der Waals surface area (Å²) in [4.78, 5) is 0. The van der Waals surface area contributed by atoms with Gasteiger partial charge in [-0.1, -0.05) is 23.2 Å². The number of nitrogens with one attached hydrogen (secondary N) is 1. The van der Waals surface area contributed by atoms with E-state index in [0.29, 0.717) is 22.3 Å². The van der Waals surface area contributed by atoms with Crippen LogP contribution < -0.4 is 10.1 Å². The number of β-amino-alcohol motifs (C(OH)–C–C–N with tert-alkyl or cyclic N) is 1. The highest BCUT2D eigenvalue weighted by Gasteiger charge is 2.24. The third-order valence-corrected chi connectivity index (χ3v) is 3.31. The van der Waals surface area contributed by atoms with Gasteiger partial charge >= 0.3 is 0 Å². The van der Waals surface area contributed by atoms with E-state index in [1.807, 2.05) is 0 Å². The van der Waals surface area contributed by atoms with Gasteiger partial charge in [0.05, 0.1) is 10.0 Å². The van der Waals surface area contributed by atoms with E-state index < -0.39 is 6.10 Å². The summed E-state index contributed by atoms with van der Waals surface area (Å²) in [6.07, 6.45) is 0.114. The molecule has 2 rings (SSSR count). The molecule has 1 saturated heterocycles. The maximum atomic E-state index is 9.71. The van der Waals surface area contributed by atoms with Crippen LogP contribution in [0, 0.1) is 0 Å². The molecule has 1 fully saturated rings. The van der Waals surface area contributed by atoms with E-state index in [9.17, 15) is 5.11 Å². The SMILES string of the molecule is O[C@H]1CNCC[C@@H]1Oc1ccc(Cl)c(Cl)c1. The van der Waals surface area contributed by atoms with E-state index in [-0.39, 0.29) is 6.10 Å². The standard InChI is InChI=1S/C11H13Cl2NO2/c12-8-2-1-7(5-9(8)13)16-11-3-4-14-6-10(11)15/h1-2,5,10-11,14-15H,3-4,6H2/t10-,11-/m0/s1. The second-order valence-corrected chi connectivity index (χ2v) is 4.61. The highest BCUT2D eigenvalue weighted by molar-refractivity contribution is 6.42. The number of aliphatic hydroxyl groups excluding tert-OH is 1. The van der Waals surface area contributed by atoms with E-state index >= 15 is 0 Å². The summed E-state index contributed by atoms with van der Waals surface area (Å²) in [5.41, 5.74) is 0. The first kappa shape index (κ1) is 12.0. The molecule has 0 radical (unpaired) electrons. The van der Waals surface area contributed by atoms with Crippen LogP contribution >= 0.6 is 23.2 Å². The second kappa shape index (κ2) is 5.23. The van der Waals surface area contributed by atoms with Crippen LogP contribution in [0.15, 0.2) is 18.2 Å². The fraction of sp³-hybridized carbons (Fsp3) is 0.455. The number of hydrogen-bond donors (Lipinski definition) is 2. The predicted molar refractivity (Wildman–Crippen MR) is 64.4 cm³/mol. The van der Waals surface area contributed by atoms with Gasteiger partial charge in [-0.25, -0.2) is 0 Å². The molecule has 0 bridgehead atoms. The molecule has 3 nitrogen and oxygen atoms in total. The molecular weight excluding hydrogens is 249 g/mol. The molecule has 0 amide bonds. The van der Waals surface area contributed by atoms with Crippen LogP contribution in [0.4, 0.5) is 0 Å². The summed E-state index contributed by atoms with van der Waals surface area (Å²) in [6.45, 7) is 1.41. The Bertz CT molecular complexity index is 373. The molecule has 5 heteroatoms. The van der Waals surface area contributed by atoms with Crippen LogP contribution in [-0.2, 0) is 0 Å². The topological polar surface area (TPSA) is 41.5 Å². The first-order chi connectivity index (χ1) is 7.66. The van der Waals surface area contributed by atoms with Gasteiger partial charge in [0, 0.05) is 12.6 Å². The van der Waals surface area contributed by atoms with Crippen molar-refractivity contribution in [3.63, 3.8) is 0 Å². The minimum Gasteiger partial charge on any atom is -0.488 e. The lowest BCUT2D eigenvalue weighted by Gasteiger charge is -2.28. The Morgan fingerprint density at radius 1 is 1.31 bits per heavy atom. The lowest BCUT2D eigenvalue weighted by Crippen LogP contribution is -2.46. The Morgan fingerprint density at radius 3 is 2.81 bits per heavy atom. The quantitative estimate of drug-likeness (QED) is 0.857. The summed E-state index contributed by atoms with van der Waals surface area (Å²) in [7, 11) is 0. The summed E-state index contributed by atoms with van der Waals surface area (Å²) in [6, 6.07) is 5.11. The normalized spacial score (nSPS) is 25.4. The van der Waals surface area contributed by atoms with Crippen LogP contribution in [0.25, 0.3) is 0 Å². The van der Waals surface area contributed by atoms with Gasteiger partial charge in [0.25, 0.3) is 0 Å². The van der Waals surface area contributed by atoms with Gasteiger partial charge in [-0.2, -0.15) is 0 Å². The van der Waals surface area contributed by atoms with Crippen molar-refractivity contribution in [2.75, 3.05) is 13.1 Å². The third-order valence-electron chi connectivity index (χ3n) is 2.57. The number of benzene rings is 1. The molecule has 1 aromatic rings. The van der Waals surface area contributed by atoms with Crippen molar-refractivity contribution in [3.05, 3.63) is 28.2 Å². The van der Waals surface area contributed by atoms with Crippen molar-refractivity contribution in [2.45, 2.75) is 18.6 Å². The fourth-order valence-corrected chi connectivity index (χ4v) is 1.97. The summed E-state index contributed by atoms with van der Waals surface area (Å²) < 4.78 is 5.67. The van der Waals surface area contributed by atoms with Crippen molar-refractivity contribution >= 4 is 23.2 Å². The molecule has 1 aliphatic rings. The van der Waals surface area contributed by atoms with Gasteiger partial charge in [0.2, 0.25) is 0 Å². The van der Waals surface area contributed by atoms with Gasteiger partial charge in [0.15, 0.2) is 0 Å². The Hall–Kier alpha value is -0.480. The minimum absolute atomic E-state index is 0.182. The predicted octanol–water partition coefficient (Wildman–Crippen LogP) is 2.09. The molecule has 1 aromatic carbocycles. The van der Waals surface area contributed by atoms with Gasteiger partial charge < -0.3 is 15.2 Å². The largest absolute Gasteiger partial charge is 0.488 e. The van der Waals surface area contributed by atoms with Crippen molar-refractivity contribution in [2.24, 2.45) is 0 Å². The van der Waals surface area contributed by atoms with E-state index in [1.165, 1.54) is 0 Å². The Morgan fingerprint density at radius 2 is 2.12 bits per heavy atom. The van der Waals surface area contributed by atoms with Crippen molar-refractivity contribution in [1.82, 2.24) is 5.32 Å². The first-order valence-corrected chi connectivity index (χ1v) is 5.93. The van der Waals surface area contributed by atoms with Crippen molar-refractivity contribution in [1.29, 1.82) is 0 Å². The molecule has 0 unspecified atom stereocenters. The average Bonchev–Trinajstić information content (AvgIpc) is 2.27. The molecule has 88 valence electrons.